The van der Waals surface area contributed by atoms with E-state index in [9.17, 15) is 4.79 Å². The smallest absolute Gasteiger partial charge is 0.330 e. The van der Waals surface area contributed by atoms with Crippen molar-refractivity contribution in [1.29, 1.82) is 0 Å². The fourth-order valence-electron chi connectivity index (χ4n) is 1.76. The minimum absolute atomic E-state index is 0.306. The van der Waals surface area contributed by atoms with Crippen LogP contribution in [0, 0.1) is 0 Å². The summed E-state index contributed by atoms with van der Waals surface area (Å²) in [7, 11) is 0. The van der Waals surface area contributed by atoms with Gasteiger partial charge in [0.2, 0.25) is 0 Å². The second-order valence-corrected chi connectivity index (χ2v) is 4.16. The highest BCUT2D eigenvalue weighted by Crippen LogP contribution is 2.15. The van der Waals surface area contributed by atoms with E-state index >= 15 is 0 Å². The number of carbonyl (C=O) groups is 1. The van der Waals surface area contributed by atoms with E-state index < -0.39 is 0 Å². The van der Waals surface area contributed by atoms with Crippen molar-refractivity contribution >= 4 is 12.2 Å². The van der Waals surface area contributed by atoms with Crippen LogP contribution in [0.4, 0.5) is 0 Å². The van der Waals surface area contributed by atoms with E-state index in [-0.39, 0.29) is 5.97 Å². The first-order valence-electron chi connectivity index (χ1n) is 6.45. The van der Waals surface area contributed by atoms with Crippen LogP contribution in [0.15, 0.2) is 41.4 Å². The van der Waals surface area contributed by atoms with E-state index in [1.807, 2.05) is 12.3 Å². The van der Waals surface area contributed by atoms with Crippen molar-refractivity contribution in [3.63, 3.8) is 0 Å². The summed E-state index contributed by atoms with van der Waals surface area (Å²) in [4.78, 5) is 15.7. The lowest BCUT2D eigenvalue weighted by Crippen LogP contribution is -2.02. The molecule has 1 aliphatic rings. The fourth-order valence-corrected chi connectivity index (χ4v) is 1.76. The normalized spacial score (nSPS) is 19.4. The van der Waals surface area contributed by atoms with Crippen molar-refractivity contribution in [3.8, 4) is 0 Å². The summed E-state index contributed by atoms with van der Waals surface area (Å²) in [5.74, 6) is -0.306. The summed E-state index contributed by atoms with van der Waals surface area (Å²) in [5, 5.41) is 0. The molecule has 3 nitrogen and oxygen atoms in total. The van der Waals surface area contributed by atoms with Crippen molar-refractivity contribution in [2.45, 2.75) is 38.6 Å². The summed E-state index contributed by atoms with van der Waals surface area (Å²) < 4.78 is 4.83. The highest BCUT2D eigenvalue weighted by Gasteiger charge is 2.07. The van der Waals surface area contributed by atoms with Crippen LogP contribution < -0.4 is 0 Å². The minimum atomic E-state index is -0.306. The molecule has 1 unspecified atom stereocenters. The van der Waals surface area contributed by atoms with Gasteiger partial charge < -0.3 is 4.74 Å². The minimum Gasteiger partial charge on any atom is -0.463 e. The van der Waals surface area contributed by atoms with Gasteiger partial charge in [0.15, 0.2) is 0 Å². The maximum absolute atomic E-state index is 11.2. The molecule has 0 saturated heterocycles. The number of aliphatic imine (C=N–C) groups is 1. The van der Waals surface area contributed by atoms with Gasteiger partial charge in [-0.25, -0.2) is 4.79 Å². The summed E-state index contributed by atoms with van der Waals surface area (Å²) in [6.45, 7) is 5.92. The standard InChI is InChI=1S/C15H21NO2/c1-3-5-8-14-9-6-7-13(12-16-14)10-11-15(17)18-4-2/h3,7,10-12,14H,1,4-6,8-9H2,2H3. The molecule has 0 bridgehead atoms. The molecule has 0 fully saturated rings. The van der Waals surface area contributed by atoms with Gasteiger partial charge in [-0.05, 0) is 44.3 Å². The lowest BCUT2D eigenvalue weighted by atomic mass is 10.1. The van der Waals surface area contributed by atoms with E-state index in [0.717, 1.165) is 31.3 Å². The molecule has 0 radical (unpaired) electrons. The summed E-state index contributed by atoms with van der Waals surface area (Å²) >= 11 is 0. The molecular weight excluding hydrogens is 226 g/mol. The molecule has 1 rings (SSSR count). The number of esters is 1. The largest absolute Gasteiger partial charge is 0.463 e. The Morgan fingerprint density at radius 3 is 3.22 bits per heavy atom. The Balaban J connectivity index is 2.49. The monoisotopic (exact) mass is 247 g/mol. The van der Waals surface area contributed by atoms with Crippen molar-refractivity contribution < 1.29 is 9.53 Å². The van der Waals surface area contributed by atoms with Crippen molar-refractivity contribution in [2.75, 3.05) is 6.61 Å². The fraction of sp³-hybridized carbons (Fsp3) is 0.467. The molecule has 0 saturated carbocycles. The van der Waals surface area contributed by atoms with Crippen molar-refractivity contribution in [3.05, 3.63) is 36.5 Å². The lowest BCUT2D eigenvalue weighted by molar-refractivity contribution is -0.137. The summed E-state index contributed by atoms with van der Waals surface area (Å²) in [5.41, 5.74) is 0.976. The van der Waals surface area contributed by atoms with Crippen molar-refractivity contribution in [1.82, 2.24) is 0 Å². The zero-order valence-corrected chi connectivity index (χ0v) is 11.0. The summed E-state index contributed by atoms with van der Waals surface area (Å²) in [6.07, 6.45) is 13.2. The van der Waals surface area contributed by atoms with Crippen LogP contribution in [-0.4, -0.2) is 24.8 Å². The molecule has 1 aliphatic heterocycles. The van der Waals surface area contributed by atoms with Gasteiger partial charge in [-0.2, -0.15) is 0 Å². The predicted octanol–water partition coefficient (Wildman–Crippen LogP) is 3.23. The average Bonchev–Trinajstić information content (AvgIpc) is 2.59. The molecule has 0 spiro atoms. The molecule has 1 heterocycles. The highest BCUT2D eigenvalue weighted by atomic mass is 16.5. The number of nitrogens with zero attached hydrogens (tertiary/aromatic N) is 1. The van der Waals surface area contributed by atoms with E-state index in [1.165, 1.54) is 6.08 Å². The number of hydrogen-bond donors (Lipinski definition) is 0. The Hall–Kier alpha value is -1.64. The Kier molecular flexibility index (Phi) is 6.77. The molecule has 0 aromatic carbocycles. The third kappa shape index (κ3) is 5.62. The Morgan fingerprint density at radius 2 is 2.50 bits per heavy atom. The molecule has 0 aromatic rings. The molecule has 1 atom stereocenters. The summed E-state index contributed by atoms with van der Waals surface area (Å²) in [6, 6.07) is 0.368. The molecule has 18 heavy (non-hydrogen) atoms. The Labute approximate surface area is 109 Å². The second-order valence-electron chi connectivity index (χ2n) is 4.16. The first kappa shape index (κ1) is 14.4. The molecule has 98 valence electrons. The first-order chi connectivity index (χ1) is 8.76. The van der Waals surface area contributed by atoms with E-state index in [1.54, 1.807) is 13.0 Å². The average molecular weight is 247 g/mol. The molecule has 0 aromatic heterocycles. The highest BCUT2D eigenvalue weighted by molar-refractivity contribution is 5.88. The van der Waals surface area contributed by atoms with Gasteiger partial charge in [0.05, 0.1) is 12.6 Å². The first-order valence-corrected chi connectivity index (χ1v) is 6.45. The molecule has 0 N–H and O–H groups in total. The maximum Gasteiger partial charge on any atom is 0.330 e. The number of ether oxygens (including phenoxy) is 1. The van der Waals surface area contributed by atoms with E-state index in [2.05, 4.69) is 17.6 Å². The van der Waals surface area contributed by atoms with Gasteiger partial charge in [0, 0.05) is 12.3 Å². The maximum atomic E-state index is 11.2. The van der Waals surface area contributed by atoms with Gasteiger partial charge in [0.25, 0.3) is 0 Å². The number of rotatable bonds is 6. The van der Waals surface area contributed by atoms with Gasteiger partial charge in [-0.15, -0.1) is 6.58 Å². The lowest BCUT2D eigenvalue weighted by Gasteiger charge is -2.07. The quantitative estimate of drug-likeness (QED) is 0.410. The third-order valence-corrected chi connectivity index (χ3v) is 2.72. The zero-order chi connectivity index (χ0) is 13.2. The number of hydrogen-bond acceptors (Lipinski definition) is 3. The van der Waals surface area contributed by atoms with Crippen LogP contribution in [0.2, 0.25) is 0 Å². The van der Waals surface area contributed by atoms with Gasteiger partial charge in [-0.3, -0.25) is 4.99 Å². The molecule has 0 amide bonds. The van der Waals surface area contributed by atoms with Crippen LogP contribution in [0.3, 0.4) is 0 Å². The van der Waals surface area contributed by atoms with E-state index in [4.69, 9.17) is 4.74 Å². The van der Waals surface area contributed by atoms with Gasteiger partial charge >= 0.3 is 5.97 Å². The van der Waals surface area contributed by atoms with Crippen LogP contribution in [0.1, 0.15) is 32.6 Å². The third-order valence-electron chi connectivity index (χ3n) is 2.72. The Morgan fingerprint density at radius 1 is 1.67 bits per heavy atom. The van der Waals surface area contributed by atoms with Gasteiger partial charge in [0.1, 0.15) is 0 Å². The molecule has 0 aliphatic carbocycles. The molecular formula is C15H21NO2. The van der Waals surface area contributed by atoms with Crippen LogP contribution in [0.5, 0.6) is 0 Å². The van der Waals surface area contributed by atoms with Gasteiger partial charge in [-0.1, -0.05) is 12.2 Å². The van der Waals surface area contributed by atoms with E-state index in [0.29, 0.717) is 12.6 Å². The number of carbonyl (C=O) groups excluding carboxylic acids is 1. The zero-order valence-electron chi connectivity index (χ0n) is 11.0. The molecule has 3 heteroatoms. The Bertz CT molecular complexity index is 367. The van der Waals surface area contributed by atoms with Crippen LogP contribution in [0.25, 0.3) is 0 Å². The SMILES string of the molecule is C=CCCC1CCC=C(C=CC(=O)OCC)C=N1. The second kappa shape index (κ2) is 8.45. The van der Waals surface area contributed by atoms with Crippen molar-refractivity contribution in [2.24, 2.45) is 4.99 Å². The topological polar surface area (TPSA) is 38.7 Å². The number of allylic oxidation sites excluding steroid dienone is 4. The van der Waals surface area contributed by atoms with Crippen LogP contribution >= 0.6 is 0 Å². The van der Waals surface area contributed by atoms with Crippen LogP contribution in [-0.2, 0) is 9.53 Å². The predicted molar refractivity (Wildman–Crippen MR) is 74.8 cm³/mol.